The molecule has 0 bridgehead atoms. The molecule has 10 heteroatoms. The van der Waals surface area contributed by atoms with Gasteiger partial charge in [0.25, 0.3) is 0 Å². The van der Waals surface area contributed by atoms with Crippen LogP contribution in [0.5, 0.6) is 0 Å². The highest BCUT2D eigenvalue weighted by Gasteiger charge is 2.14. The van der Waals surface area contributed by atoms with Gasteiger partial charge in [0.1, 0.15) is 17.2 Å². The van der Waals surface area contributed by atoms with Gasteiger partial charge in [-0.3, -0.25) is 4.57 Å². The standard InChI is InChI=1S/C20H15F2N3S.C2H2O4/c21-16-9-7-14(8-10-16)12-25-19-18(6-3-11-23-19)24-20(25)26-13-15-4-1-2-5-17(15)22;3-1(4)2(5)6/h1-11H,12-13H2;(H,3,4)(H,5,6). The van der Waals surface area contributed by atoms with E-state index >= 15 is 0 Å². The number of halogens is 2. The lowest BCUT2D eigenvalue weighted by Gasteiger charge is -2.09. The van der Waals surface area contributed by atoms with Gasteiger partial charge in [-0.1, -0.05) is 42.1 Å². The Bertz CT molecular complexity index is 1230. The number of pyridine rings is 1. The van der Waals surface area contributed by atoms with Crippen LogP contribution in [0.15, 0.2) is 72.0 Å². The van der Waals surface area contributed by atoms with Gasteiger partial charge in [-0.25, -0.2) is 28.3 Å². The van der Waals surface area contributed by atoms with Gasteiger partial charge in [0.05, 0.1) is 6.54 Å². The van der Waals surface area contributed by atoms with Gasteiger partial charge in [0, 0.05) is 11.9 Å². The van der Waals surface area contributed by atoms with Crippen LogP contribution in [0.25, 0.3) is 11.2 Å². The Morgan fingerprint density at radius 2 is 1.62 bits per heavy atom. The summed E-state index contributed by atoms with van der Waals surface area (Å²) in [5.74, 6) is -3.67. The highest BCUT2D eigenvalue weighted by Crippen LogP contribution is 2.27. The Morgan fingerprint density at radius 1 is 0.938 bits per heavy atom. The van der Waals surface area contributed by atoms with Crippen LogP contribution in [-0.4, -0.2) is 36.7 Å². The first-order chi connectivity index (χ1) is 15.3. The van der Waals surface area contributed by atoms with Gasteiger partial charge in [-0.15, -0.1) is 0 Å². The van der Waals surface area contributed by atoms with Crippen LogP contribution in [0.1, 0.15) is 11.1 Å². The number of aliphatic carboxylic acids is 2. The molecule has 0 unspecified atom stereocenters. The molecule has 0 aliphatic heterocycles. The van der Waals surface area contributed by atoms with Crippen molar-refractivity contribution >= 4 is 34.9 Å². The maximum atomic E-state index is 13.9. The molecule has 0 spiro atoms. The third-order valence-corrected chi connectivity index (χ3v) is 5.25. The van der Waals surface area contributed by atoms with Crippen molar-refractivity contribution in [2.75, 3.05) is 0 Å². The number of hydrogen-bond donors (Lipinski definition) is 2. The van der Waals surface area contributed by atoms with Crippen molar-refractivity contribution in [3.8, 4) is 0 Å². The van der Waals surface area contributed by atoms with Crippen LogP contribution in [0, 0.1) is 11.6 Å². The van der Waals surface area contributed by atoms with Crippen LogP contribution in [0.4, 0.5) is 8.78 Å². The lowest BCUT2D eigenvalue weighted by atomic mass is 10.2. The van der Waals surface area contributed by atoms with Gasteiger partial charge < -0.3 is 10.2 Å². The monoisotopic (exact) mass is 457 g/mol. The quantitative estimate of drug-likeness (QED) is 0.342. The van der Waals surface area contributed by atoms with Crippen LogP contribution >= 0.6 is 11.8 Å². The van der Waals surface area contributed by atoms with Crippen molar-refractivity contribution in [1.82, 2.24) is 14.5 Å². The topological polar surface area (TPSA) is 105 Å². The summed E-state index contributed by atoms with van der Waals surface area (Å²) < 4.78 is 29.0. The molecule has 0 atom stereocenters. The second-order valence-electron chi connectivity index (χ2n) is 6.44. The largest absolute Gasteiger partial charge is 0.473 e. The highest BCUT2D eigenvalue weighted by atomic mass is 32.2. The van der Waals surface area contributed by atoms with E-state index in [2.05, 4.69) is 9.97 Å². The number of carboxylic acid groups (broad SMARTS) is 2. The SMILES string of the molecule is Fc1ccc(Cn2c(SCc3ccccc3F)nc3cccnc32)cc1.O=C(O)C(=O)O. The van der Waals surface area contributed by atoms with Crippen LogP contribution in [0.3, 0.4) is 0 Å². The first-order valence-corrected chi connectivity index (χ1v) is 10.2. The Hall–Kier alpha value is -3.79. The van der Waals surface area contributed by atoms with E-state index in [1.807, 2.05) is 22.8 Å². The van der Waals surface area contributed by atoms with Gasteiger partial charge in [0.2, 0.25) is 0 Å². The summed E-state index contributed by atoms with van der Waals surface area (Å²) in [5, 5.41) is 15.5. The van der Waals surface area contributed by atoms with E-state index in [1.54, 1.807) is 30.5 Å². The molecule has 0 saturated heterocycles. The maximum absolute atomic E-state index is 13.9. The molecule has 164 valence electrons. The highest BCUT2D eigenvalue weighted by molar-refractivity contribution is 7.98. The molecule has 2 N–H and O–H groups in total. The molecule has 7 nitrogen and oxygen atoms in total. The number of imidazole rings is 1. The molecule has 0 aliphatic carbocycles. The van der Waals surface area contributed by atoms with Gasteiger partial charge >= 0.3 is 11.9 Å². The average Bonchev–Trinajstić information content (AvgIpc) is 3.12. The molecule has 2 heterocycles. The molecule has 32 heavy (non-hydrogen) atoms. The van der Waals surface area contributed by atoms with Crippen molar-refractivity contribution in [3.05, 3.63) is 89.6 Å². The summed E-state index contributed by atoms with van der Waals surface area (Å²) in [6.45, 7) is 0.521. The lowest BCUT2D eigenvalue weighted by molar-refractivity contribution is -0.159. The van der Waals surface area contributed by atoms with E-state index in [9.17, 15) is 8.78 Å². The van der Waals surface area contributed by atoms with Gasteiger partial charge in [0.15, 0.2) is 10.8 Å². The second-order valence-corrected chi connectivity index (χ2v) is 7.39. The lowest BCUT2D eigenvalue weighted by Crippen LogP contribution is -2.09. The van der Waals surface area contributed by atoms with Crippen LogP contribution < -0.4 is 0 Å². The van der Waals surface area contributed by atoms with E-state index in [0.717, 1.165) is 21.9 Å². The summed E-state index contributed by atoms with van der Waals surface area (Å²) in [4.78, 5) is 27.3. The molecule has 4 aromatic rings. The molecular weight excluding hydrogens is 440 g/mol. The van der Waals surface area contributed by atoms with E-state index < -0.39 is 11.9 Å². The fourth-order valence-corrected chi connectivity index (χ4v) is 3.71. The van der Waals surface area contributed by atoms with Crippen molar-refractivity contribution < 1.29 is 28.6 Å². The Kier molecular flexibility index (Phi) is 7.50. The minimum Gasteiger partial charge on any atom is -0.473 e. The van der Waals surface area contributed by atoms with Gasteiger partial charge in [-0.2, -0.15) is 0 Å². The van der Waals surface area contributed by atoms with Gasteiger partial charge in [-0.05, 0) is 41.5 Å². The summed E-state index contributed by atoms with van der Waals surface area (Å²) in [6.07, 6.45) is 1.72. The molecule has 0 saturated carbocycles. The van der Waals surface area contributed by atoms with Crippen molar-refractivity contribution in [2.24, 2.45) is 0 Å². The predicted octanol–water partition coefficient (Wildman–Crippen LogP) is 4.21. The number of hydrogen-bond acceptors (Lipinski definition) is 5. The smallest absolute Gasteiger partial charge is 0.414 e. The minimum absolute atomic E-state index is 0.223. The fraction of sp³-hybridized carbons (Fsp3) is 0.0909. The molecule has 2 aromatic carbocycles. The molecule has 4 rings (SSSR count). The molecule has 0 amide bonds. The summed E-state index contributed by atoms with van der Waals surface area (Å²) in [7, 11) is 0. The normalized spacial score (nSPS) is 10.4. The van der Waals surface area contributed by atoms with E-state index in [-0.39, 0.29) is 11.6 Å². The average molecular weight is 457 g/mol. The predicted molar refractivity (Wildman–Crippen MR) is 114 cm³/mol. The summed E-state index contributed by atoms with van der Waals surface area (Å²) in [5.41, 5.74) is 3.12. The van der Waals surface area contributed by atoms with E-state index in [1.165, 1.54) is 30.0 Å². The van der Waals surface area contributed by atoms with E-state index in [4.69, 9.17) is 19.8 Å². The first kappa shape index (κ1) is 22.9. The number of carbonyl (C=O) groups is 2. The number of rotatable bonds is 5. The zero-order valence-corrected chi connectivity index (χ0v) is 17.3. The zero-order chi connectivity index (χ0) is 23.1. The molecule has 0 aliphatic rings. The van der Waals surface area contributed by atoms with Crippen molar-refractivity contribution in [3.63, 3.8) is 0 Å². The number of fused-ring (bicyclic) bond motifs is 1. The number of thioether (sulfide) groups is 1. The number of nitrogens with zero attached hydrogens (tertiary/aromatic N) is 3. The number of benzene rings is 2. The zero-order valence-electron chi connectivity index (χ0n) is 16.5. The van der Waals surface area contributed by atoms with E-state index in [0.29, 0.717) is 17.9 Å². The molecule has 0 radical (unpaired) electrons. The first-order valence-electron chi connectivity index (χ1n) is 9.23. The Balaban J connectivity index is 0.000000427. The Morgan fingerprint density at radius 3 is 2.28 bits per heavy atom. The Labute approximate surface area is 185 Å². The summed E-state index contributed by atoms with van der Waals surface area (Å²) >= 11 is 1.46. The summed E-state index contributed by atoms with van der Waals surface area (Å²) in [6, 6.07) is 16.8. The van der Waals surface area contributed by atoms with Crippen LogP contribution in [0.2, 0.25) is 0 Å². The third-order valence-electron chi connectivity index (χ3n) is 4.22. The number of carboxylic acids is 2. The minimum atomic E-state index is -1.82. The van der Waals surface area contributed by atoms with Crippen molar-refractivity contribution in [2.45, 2.75) is 17.5 Å². The third kappa shape index (κ3) is 5.88. The van der Waals surface area contributed by atoms with Crippen LogP contribution in [-0.2, 0) is 21.9 Å². The fourth-order valence-electron chi connectivity index (χ4n) is 2.72. The van der Waals surface area contributed by atoms with Crippen molar-refractivity contribution in [1.29, 1.82) is 0 Å². The second kappa shape index (κ2) is 10.5. The molecule has 0 fully saturated rings. The number of aromatic nitrogens is 3. The maximum Gasteiger partial charge on any atom is 0.414 e. The molecular formula is C22H17F2N3O4S. The molecule has 2 aromatic heterocycles.